The normalized spacial score (nSPS) is 34.2. The summed E-state index contributed by atoms with van der Waals surface area (Å²) in [6.07, 6.45) is 5.91. The summed E-state index contributed by atoms with van der Waals surface area (Å²) in [6.45, 7) is 1.57. The van der Waals surface area contributed by atoms with E-state index in [1.54, 1.807) is 0 Å². The first kappa shape index (κ1) is 17.0. The maximum atomic E-state index is 12.5. The molecule has 4 fully saturated rings. The molecule has 1 aromatic carbocycles. The summed E-state index contributed by atoms with van der Waals surface area (Å²) in [5.41, 5.74) is 1.29. The van der Waals surface area contributed by atoms with Crippen LogP contribution in [0.25, 0.3) is 0 Å². The second-order valence-electron chi connectivity index (χ2n) is 8.41. The van der Waals surface area contributed by atoms with Gasteiger partial charge in [0.15, 0.2) is 5.96 Å². The van der Waals surface area contributed by atoms with Gasteiger partial charge in [0, 0.05) is 49.7 Å². The van der Waals surface area contributed by atoms with Crippen LogP contribution in [0.15, 0.2) is 35.3 Å². The van der Waals surface area contributed by atoms with Crippen molar-refractivity contribution in [3.63, 3.8) is 0 Å². The fraction of sp³-hybridized carbons (Fsp3) is 0.619. The molecule has 2 heterocycles. The number of ether oxygens (including phenoxy) is 1. The van der Waals surface area contributed by atoms with Crippen molar-refractivity contribution in [1.82, 2.24) is 10.6 Å². The number of fused-ring (bicyclic) bond motifs is 2. The van der Waals surface area contributed by atoms with Crippen molar-refractivity contribution in [2.75, 3.05) is 25.1 Å². The first-order chi connectivity index (χ1) is 13.2. The lowest BCUT2D eigenvalue weighted by Crippen LogP contribution is -2.72. The number of carbonyl (C=O) groups excluding carboxylic acids is 1. The van der Waals surface area contributed by atoms with Gasteiger partial charge >= 0.3 is 0 Å². The molecule has 2 saturated heterocycles. The zero-order valence-electron chi connectivity index (χ0n) is 15.9. The number of amides is 1. The highest BCUT2D eigenvalue weighted by atomic mass is 16.5. The molecule has 2 aliphatic heterocycles. The number of guanidine groups is 1. The van der Waals surface area contributed by atoms with Crippen LogP contribution in [0.4, 0.5) is 5.69 Å². The van der Waals surface area contributed by atoms with Crippen molar-refractivity contribution in [2.24, 2.45) is 16.3 Å². The van der Waals surface area contributed by atoms with E-state index < -0.39 is 0 Å². The van der Waals surface area contributed by atoms with Crippen molar-refractivity contribution in [3.8, 4) is 0 Å². The molecule has 1 aromatic rings. The van der Waals surface area contributed by atoms with Gasteiger partial charge < -0.3 is 20.3 Å². The van der Waals surface area contributed by atoms with Gasteiger partial charge in [0.2, 0.25) is 5.91 Å². The van der Waals surface area contributed by atoms with Crippen LogP contribution in [0.1, 0.15) is 32.1 Å². The molecule has 1 amide bonds. The van der Waals surface area contributed by atoms with Gasteiger partial charge in [-0.15, -0.1) is 0 Å². The maximum Gasteiger partial charge on any atom is 0.229 e. The molecule has 0 aromatic heterocycles. The van der Waals surface area contributed by atoms with Gasteiger partial charge in [0.05, 0.1) is 12.1 Å². The summed E-state index contributed by atoms with van der Waals surface area (Å²) in [5.74, 6) is 1.59. The zero-order chi connectivity index (χ0) is 18.4. The molecule has 5 rings (SSSR count). The smallest absolute Gasteiger partial charge is 0.229 e. The summed E-state index contributed by atoms with van der Waals surface area (Å²) in [6, 6.07) is 10.4. The molecule has 4 aliphatic rings. The molecule has 2 N–H and O–H groups in total. The van der Waals surface area contributed by atoms with Crippen LogP contribution >= 0.6 is 0 Å². The summed E-state index contributed by atoms with van der Waals surface area (Å²) >= 11 is 0. The van der Waals surface area contributed by atoms with Gasteiger partial charge in [-0.05, 0) is 31.4 Å². The highest BCUT2D eigenvalue weighted by Gasteiger charge is 2.66. The molecule has 0 bridgehead atoms. The summed E-state index contributed by atoms with van der Waals surface area (Å²) < 4.78 is 6.01. The predicted molar refractivity (Wildman–Crippen MR) is 105 cm³/mol. The molecular weight excluding hydrogens is 340 g/mol. The van der Waals surface area contributed by atoms with Gasteiger partial charge in [-0.1, -0.05) is 24.6 Å². The molecule has 4 unspecified atom stereocenters. The van der Waals surface area contributed by atoms with E-state index in [1.165, 1.54) is 19.3 Å². The Kier molecular flexibility index (Phi) is 4.11. The first-order valence-electron chi connectivity index (χ1n) is 10.2. The number of benzene rings is 1. The number of hydrogen-bond donors (Lipinski definition) is 2. The number of aliphatic imine (C=N–C) groups is 1. The van der Waals surface area contributed by atoms with Crippen molar-refractivity contribution in [3.05, 3.63) is 30.3 Å². The third-order valence-corrected chi connectivity index (χ3v) is 7.09. The Labute approximate surface area is 160 Å². The van der Waals surface area contributed by atoms with E-state index in [0.717, 1.165) is 24.7 Å². The Morgan fingerprint density at radius 3 is 2.78 bits per heavy atom. The van der Waals surface area contributed by atoms with Crippen molar-refractivity contribution in [1.29, 1.82) is 0 Å². The second kappa shape index (κ2) is 6.51. The van der Waals surface area contributed by atoms with Crippen molar-refractivity contribution in [2.45, 2.75) is 50.3 Å². The summed E-state index contributed by atoms with van der Waals surface area (Å²) in [7, 11) is 1.82. The second-order valence-corrected chi connectivity index (χ2v) is 8.41. The molecule has 1 spiro atoms. The van der Waals surface area contributed by atoms with Crippen LogP contribution in [-0.4, -0.2) is 50.3 Å². The van der Waals surface area contributed by atoms with Gasteiger partial charge in [-0.25, -0.2) is 0 Å². The molecule has 27 heavy (non-hydrogen) atoms. The van der Waals surface area contributed by atoms with E-state index >= 15 is 0 Å². The fourth-order valence-electron chi connectivity index (χ4n) is 5.63. The van der Waals surface area contributed by atoms with Crippen LogP contribution in [0, 0.1) is 11.3 Å². The largest absolute Gasteiger partial charge is 0.377 e. The van der Waals surface area contributed by atoms with Crippen molar-refractivity contribution >= 4 is 17.6 Å². The van der Waals surface area contributed by atoms with E-state index in [9.17, 15) is 4.79 Å². The molecule has 6 heteroatoms. The van der Waals surface area contributed by atoms with E-state index in [0.29, 0.717) is 36.4 Å². The van der Waals surface area contributed by atoms with Gasteiger partial charge in [0.1, 0.15) is 0 Å². The monoisotopic (exact) mass is 368 g/mol. The third-order valence-electron chi connectivity index (χ3n) is 7.09. The average Bonchev–Trinajstić information content (AvgIpc) is 3.22. The highest BCUT2D eigenvalue weighted by Crippen LogP contribution is 2.62. The number of hydrogen-bond acceptors (Lipinski definition) is 3. The minimum absolute atomic E-state index is 0.0805. The molecule has 0 radical (unpaired) electrons. The number of anilines is 1. The van der Waals surface area contributed by atoms with E-state index in [2.05, 4.69) is 15.6 Å². The lowest BCUT2D eigenvalue weighted by atomic mass is 9.46. The highest BCUT2D eigenvalue weighted by molar-refractivity contribution is 5.97. The summed E-state index contributed by atoms with van der Waals surface area (Å²) in [4.78, 5) is 18.8. The Morgan fingerprint density at radius 2 is 2.07 bits per heavy atom. The molecule has 6 nitrogen and oxygen atoms in total. The lowest BCUT2D eigenvalue weighted by molar-refractivity contribution is -0.171. The number of nitrogens with zero attached hydrogens (tertiary/aromatic N) is 2. The minimum Gasteiger partial charge on any atom is -0.377 e. The molecule has 2 aliphatic carbocycles. The lowest BCUT2D eigenvalue weighted by Gasteiger charge is -2.63. The summed E-state index contributed by atoms with van der Waals surface area (Å²) in [5, 5.41) is 7.19. The number of rotatable bonds is 3. The molecule has 4 atom stereocenters. The third kappa shape index (κ3) is 2.64. The standard InChI is InChI=1S/C21H28N4O2/c1-22-20(24-18-16-8-11-27-19(16)21(18)9-5-10-21)23-14-12-17(26)25(13-14)15-6-3-2-4-7-15/h2-4,6-7,14,16,18-19H,5,8-13H2,1H3,(H2,22,23,24). The quantitative estimate of drug-likeness (QED) is 0.632. The maximum absolute atomic E-state index is 12.5. The number of nitrogens with one attached hydrogen (secondary N) is 2. The Hall–Kier alpha value is -2.08. The Bertz CT molecular complexity index is 746. The molecular formula is C21H28N4O2. The predicted octanol–water partition coefficient (Wildman–Crippen LogP) is 1.91. The Balaban J connectivity index is 1.23. The fourth-order valence-corrected chi connectivity index (χ4v) is 5.63. The van der Waals surface area contributed by atoms with E-state index in [4.69, 9.17) is 4.74 Å². The van der Waals surface area contributed by atoms with Crippen LogP contribution in [0.5, 0.6) is 0 Å². The minimum atomic E-state index is 0.0805. The SMILES string of the molecule is CN=C(NC1CC(=O)N(c2ccccc2)C1)NC1C2CCOC2C12CCC2. The van der Waals surface area contributed by atoms with Gasteiger partial charge in [0.25, 0.3) is 0 Å². The average molecular weight is 368 g/mol. The van der Waals surface area contributed by atoms with E-state index in [1.807, 2.05) is 42.3 Å². The van der Waals surface area contributed by atoms with Crippen molar-refractivity contribution < 1.29 is 9.53 Å². The van der Waals surface area contributed by atoms with Crippen LogP contribution < -0.4 is 15.5 Å². The first-order valence-corrected chi connectivity index (χ1v) is 10.2. The van der Waals surface area contributed by atoms with Crippen LogP contribution in [0.2, 0.25) is 0 Å². The van der Waals surface area contributed by atoms with Gasteiger partial charge in [-0.2, -0.15) is 0 Å². The number of para-hydroxylation sites is 1. The topological polar surface area (TPSA) is 66.0 Å². The molecule has 144 valence electrons. The van der Waals surface area contributed by atoms with Crippen LogP contribution in [-0.2, 0) is 9.53 Å². The zero-order valence-corrected chi connectivity index (χ0v) is 15.9. The molecule has 2 saturated carbocycles. The van der Waals surface area contributed by atoms with Gasteiger partial charge in [-0.3, -0.25) is 9.79 Å². The Morgan fingerprint density at radius 1 is 1.26 bits per heavy atom. The number of carbonyl (C=O) groups is 1. The van der Waals surface area contributed by atoms with Crippen LogP contribution in [0.3, 0.4) is 0 Å². The van der Waals surface area contributed by atoms with E-state index in [-0.39, 0.29) is 11.9 Å².